The van der Waals surface area contributed by atoms with Gasteiger partial charge < -0.3 is 11.1 Å². The second-order valence-corrected chi connectivity index (χ2v) is 2.45. The highest BCUT2D eigenvalue weighted by atomic mass is 14.9. The smallest absolute Gasteiger partial charge is 0.125 e. The summed E-state index contributed by atoms with van der Waals surface area (Å²) in [4.78, 5) is 4.14. The zero-order valence-corrected chi connectivity index (χ0v) is 6.89. The third-order valence-corrected chi connectivity index (χ3v) is 1.70. The van der Waals surface area contributed by atoms with Crippen molar-refractivity contribution >= 4 is 5.82 Å². The molecule has 0 bridgehead atoms. The van der Waals surface area contributed by atoms with Gasteiger partial charge in [-0.15, -0.1) is 0 Å². The number of aryl methyl sites for hydroxylation is 1. The molecular weight excluding hydrogens is 138 g/mol. The van der Waals surface area contributed by atoms with E-state index in [0.29, 0.717) is 6.54 Å². The number of hydrogen-bond donors (Lipinski definition) is 2. The molecule has 0 saturated heterocycles. The summed E-state index contributed by atoms with van der Waals surface area (Å²) < 4.78 is 0. The first-order valence-corrected chi connectivity index (χ1v) is 3.61. The minimum Gasteiger partial charge on any atom is -0.373 e. The van der Waals surface area contributed by atoms with E-state index in [0.717, 1.165) is 11.4 Å². The SMILES string of the molecule is CNc1cc(C)c(CN)cn1. The second-order valence-electron chi connectivity index (χ2n) is 2.45. The largest absolute Gasteiger partial charge is 0.373 e. The summed E-state index contributed by atoms with van der Waals surface area (Å²) in [7, 11) is 1.85. The number of pyridine rings is 1. The third kappa shape index (κ3) is 1.68. The molecule has 0 aliphatic rings. The number of nitrogens with zero attached hydrogens (tertiary/aromatic N) is 1. The van der Waals surface area contributed by atoms with Crippen molar-refractivity contribution in [2.24, 2.45) is 5.73 Å². The molecule has 0 aromatic carbocycles. The number of anilines is 1. The van der Waals surface area contributed by atoms with Crippen molar-refractivity contribution in [3.05, 3.63) is 23.4 Å². The lowest BCUT2D eigenvalue weighted by atomic mass is 10.1. The van der Waals surface area contributed by atoms with E-state index in [1.54, 1.807) is 6.20 Å². The van der Waals surface area contributed by atoms with Crippen molar-refractivity contribution in [1.82, 2.24) is 4.98 Å². The van der Waals surface area contributed by atoms with Crippen LogP contribution in [0.3, 0.4) is 0 Å². The van der Waals surface area contributed by atoms with E-state index in [1.807, 2.05) is 20.0 Å². The van der Waals surface area contributed by atoms with Crippen molar-refractivity contribution in [3.63, 3.8) is 0 Å². The van der Waals surface area contributed by atoms with Crippen molar-refractivity contribution in [2.45, 2.75) is 13.5 Å². The normalized spacial score (nSPS) is 9.73. The van der Waals surface area contributed by atoms with Gasteiger partial charge in [-0.05, 0) is 24.1 Å². The molecule has 60 valence electrons. The van der Waals surface area contributed by atoms with Crippen LogP contribution in [0.15, 0.2) is 12.3 Å². The maximum absolute atomic E-state index is 5.48. The summed E-state index contributed by atoms with van der Waals surface area (Å²) in [5, 5.41) is 2.97. The van der Waals surface area contributed by atoms with Crippen LogP contribution in [0.2, 0.25) is 0 Å². The highest BCUT2D eigenvalue weighted by Crippen LogP contribution is 2.09. The summed E-state index contributed by atoms with van der Waals surface area (Å²) in [6.45, 7) is 2.59. The van der Waals surface area contributed by atoms with Crippen LogP contribution in [0.4, 0.5) is 5.82 Å². The zero-order chi connectivity index (χ0) is 8.27. The summed E-state index contributed by atoms with van der Waals surface area (Å²) in [6, 6.07) is 1.99. The molecule has 11 heavy (non-hydrogen) atoms. The van der Waals surface area contributed by atoms with Crippen LogP contribution in [0.25, 0.3) is 0 Å². The fourth-order valence-electron chi connectivity index (χ4n) is 0.935. The number of nitrogens with two attached hydrogens (primary N) is 1. The lowest BCUT2D eigenvalue weighted by Crippen LogP contribution is -2.01. The summed E-state index contributed by atoms with van der Waals surface area (Å²) >= 11 is 0. The van der Waals surface area contributed by atoms with Gasteiger partial charge in [0.05, 0.1) is 0 Å². The number of hydrogen-bond acceptors (Lipinski definition) is 3. The highest BCUT2D eigenvalue weighted by Gasteiger charge is 1.96. The van der Waals surface area contributed by atoms with E-state index in [-0.39, 0.29) is 0 Å². The standard InChI is InChI=1S/C8H13N3/c1-6-3-8(10-2)11-5-7(6)4-9/h3,5H,4,9H2,1-2H3,(H,10,11). The highest BCUT2D eigenvalue weighted by molar-refractivity contribution is 5.39. The van der Waals surface area contributed by atoms with Gasteiger partial charge in [0.25, 0.3) is 0 Å². The lowest BCUT2D eigenvalue weighted by Gasteiger charge is -2.04. The van der Waals surface area contributed by atoms with E-state index < -0.39 is 0 Å². The van der Waals surface area contributed by atoms with E-state index in [1.165, 1.54) is 5.56 Å². The Labute approximate surface area is 66.6 Å². The molecular formula is C8H13N3. The molecule has 0 fully saturated rings. The monoisotopic (exact) mass is 151 g/mol. The van der Waals surface area contributed by atoms with Crippen molar-refractivity contribution in [3.8, 4) is 0 Å². The third-order valence-electron chi connectivity index (χ3n) is 1.70. The Hall–Kier alpha value is -1.09. The number of rotatable bonds is 2. The van der Waals surface area contributed by atoms with Gasteiger partial charge in [-0.2, -0.15) is 0 Å². The molecule has 0 saturated carbocycles. The first-order valence-electron chi connectivity index (χ1n) is 3.61. The minimum atomic E-state index is 0.558. The van der Waals surface area contributed by atoms with Crippen LogP contribution in [0, 0.1) is 6.92 Å². The summed E-state index contributed by atoms with van der Waals surface area (Å²) in [6.07, 6.45) is 1.81. The Morgan fingerprint density at radius 1 is 1.64 bits per heavy atom. The van der Waals surface area contributed by atoms with Gasteiger partial charge in [0.15, 0.2) is 0 Å². The Bertz CT molecular complexity index is 245. The van der Waals surface area contributed by atoms with E-state index >= 15 is 0 Å². The van der Waals surface area contributed by atoms with Gasteiger partial charge in [0, 0.05) is 19.8 Å². The fraction of sp³-hybridized carbons (Fsp3) is 0.375. The van der Waals surface area contributed by atoms with Crippen LogP contribution in [-0.4, -0.2) is 12.0 Å². The van der Waals surface area contributed by atoms with Crippen molar-refractivity contribution < 1.29 is 0 Å². The van der Waals surface area contributed by atoms with Crippen LogP contribution < -0.4 is 11.1 Å². The molecule has 1 aromatic rings. The van der Waals surface area contributed by atoms with Crippen molar-refractivity contribution in [1.29, 1.82) is 0 Å². The Morgan fingerprint density at radius 2 is 2.36 bits per heavy atom. The van der Waals surface area contributed by atoms with Gasteiger partial charge in [-0.25, -0.2) is 4.98 Å². The quantitative estimate of drug-likeness (QED) is 0.660. The molecule has 0 spiro atoms. The van der Waals surface area contributed by atoms with Gasteiger partial charge in [-0.1, -0.05) is 0 Å². The molecule has 0 amide bonds. The summed E-state index contributed by atoms with van der Waals surface area (Å²) in [5.41, 5.74) is 7.77. The fourth-order valence-corrected chi connectivity index (χ4v) is 0.935. The molecule has 0 unspecified atom stereocenters. The Morgan fingerprint density at radius 3 is 2.82 bits per heavy atom. The Kier molecular flexibility index (Phi) is 2.44. The zero-order valence-electron chi connectivity index (χ0n) is 6.89. The number of nitrogens with one attached hydrogen (secondary N) is 1. The maximum Gasteiger partial charge on any atom is 0.125 e. The molecule has 0 atom stereocenters. The van der Waals surface area contributed by atoms with Crippen LogP contribution in [0.5, 0.6) is 0 Å². The van der Waals surface area contributed by atoms with E-state index in [9.17, 15) is 0 Å². The van der Waals surface area contributed by atoms with Crippen molar-refractivity contribution in [2.75, 3.05) is 12.4 Å². The molecule has 0 aliphatic carbocycles. The number of aromatic nitrogens is 1. The average molecular weight is 151 g/mol. The predicted molar refractivity (Wildman–Crippen MR) is 46.4 cm³/mol. The Balaban J connectivity index is 2.99. The van der Waals surface area contributed by atoms with E-state index in [2.05, 4.69) is 10.3 Å². The van der Waals surface area contributed by atoms with Gasteiger partial charge in [-0.3, -0.25) is 0 Å². The van der Waals surface area contributed by atoms with Crippen LogP contribution in [0.1, 0.15) is 11.1 Å². The predicted octanol–water partition coefficient (Wildman–Crippen LogP) is 0.890. The molecule has 1 heterocycles. The molecule has 1 rings (SSSR count). The average Bonchev–Trinajstić information content (AvgIpc) is 2.04. The minimum absolute atomic E-state index is 0.558. The second kappa shape index (κ2) is 3.34. The first kappa shape index (κ1) is 8.01. The summed E-state index contributed by atoms with van der Waals surface area (Å²) in [5.74, 6) is 0.889. The molecule has 3 N–H and O–H groups in total. The lowest BCUT2D eigenvalue weighted by molar-refractivity contribution is 1.02. The first-order chi connectivity index (χ1) is 5.27. The molecule has 3 nitrogen and oxygen atoms in total. The van der Waals surface area contributed by atoms with Gasteiger partial charge in [0.1, 0.15) is 5.82 Å². The molecule has 1 aromatic heterocycles. The topological polar surface area (TPSA) is 50.9 Å². The molecule has 0 aliphatic heterocycles. The van der Waals surface area contributed by atoms with Crippen LogP contribution >= 0.6 is 0 Å². The van der Waals surface area contributed by atoms with Crippen LogP contribution in [-0.2, 0) is 6.54 Å². The van der Waals surface area contributed by atoms with E-state index in [4.69, 9.17) is 5.73 Å². The van der Waals surface area contributed by atoms with Gasteiger partial charge >= 0.3 is 0 Å². The maximum atomic E-state index is 5.48. The molecule has 0 radical (unpaired) electrons. The molecule has 3 heteroatoms. The van der Waals surface area contributed by atoms with Gasteiger partial charge in [0.2, 0.25) is 0 Å².